The molecule has 142 valence electrons. The number of H-pyrrole nitrogens is 2. The summed E-state index contributed by atoms with van der Waals surface area (Å²) in [7, 11) is 0. The van der Waals surface area contributed by atoms with Gasteiger partial charge >= 0.3 is 5.69 Å². The van der Waals surface area contributed by atoms with Crippen molar-refractivity contribution >= 4 is 12.2 Å². The van der Waals surface area contributed by atoms with Crippen molar-refractivity contribution < 1.29 is 5.11 Å². The van der Waals surface area contributed by atoms with Gasteiger partial charge in [-0.05, 0) is 0 Å². The van der Waals surface area contributed by atoms with Crippen LogP contribution in [0, 0.1) is 0 Å². The van der Waals surface area contributed by atoms with Gasteiger partial charge in [0, 0.05) is 17.3 Å². The molecule has 0 saturated heterocycles. The molecule has 0 aliphatic rings. The van der Waals surface area contributed by atoms with Crippen LogP contribution >= 0.6 is 0 Å². The first-order valence-corrected chi connectivity index (χ1v) is 8.57. The monoisotopic (exact) mass is 386 g/mol. The largest absolute Gasteiger partial charge is 0.494 e. The van der Waals surface area contributed by atoms with Crippen molar-refractivity contribution in [3.63, 3.8) is 0 Å². The Kier molecular flexibility index (Phi) is 4.77. The molecule has 2 heterocycles. The van der Waals surface area contributed by atoms with Gasteiger partial charge in [0.05, 0.1) is 0 Å². The second-order valence-corrected chi connectivity index (χ2v) is 5.97. The van der Waals surface area contributed by atoms with Gasteiger partial charge in [0.25, 0.3) is 11.5 Å². The topological polar surface area (TPSA) is 137 Å². The molecule has 3 N–H and O–H groups in total. The number of nitrogens with one attached hydrogen (secondary N) is 2. The molecule has 0 aliphatic carbocycles. The first kappa shape index (κ1) is 18.0. The Morgan fingerprint density at radius 2 is 1.45 bits per heavy atom. The molecule has 2 aromatic heterocycles. The second kappa shape index (κ2) is 7.69. The highest BCUT2D eigenvalue weighted by Crippen LogP contribution is 2.29. The molecular weight excluding hydrogens is 372 g/mol. The van der Waals surface area contributed by atoms with E-state index in [-0.39, 0.29) is 11.5 Å². The quantitative estimate of drug-likeness (QED) is 0.459. The molecule has 4 aromatic rings. The maximum Gasteiger partial charge on any atom is 0.328 e. The van der Waals surface area contributed by atoms with Gasteiger partial charge in [0.2, 0.25) is 5.88 Å². The van der Waals surface area contributed by atoms with E-state index in [4.69, 9.17) is 0 Å². The molecule has 0 fully saturated rings. The molecule has 0 bridgehead atoms. The molecular formula is C20H14N6O3. The molecule has 2 aromatic carbocycles. The van der Waals surface area contributed by atoms with Crippen LogP contribution < -0.4 is 11.2 Å². The summed E-state index contributed by atoms with van der Waals surface area (Å²) < 4.78 is 0. The number of aromatic amines is 2. The van der Waals surface area contributed by atoms with Gasteiger partial charge in [0.1, 0.15) is 17.0 Å². The third-order valence-corrected chi connectivity index (χ3v) is 4.04. The van der Waals surface area contributed by atoms with Crippen LogP contribution in [0.25, 0.3) is 22.5 Å². The number of benzene rings is 2. The van der Waals surface area contributed by atoms with Gasteiger partial charge in [-0.2, -0.15) is 0 Å². The lowest BCUT2D eigenvalue weighted by Gasteiger charge is -2.08. The van der Waals surface area contributed by atoms with E-state index in [0.29, 0.717) is 11.4 Å². The van der Waals surface area contributed by atoms with Gasteiger partial charge in [-0.15, -0.1) is 10.2 Å². The van der Waals surface area contributed by atoms with E-state index in [1.54, 1.807) is 0 Å². The minimum Gasteiger partial charge on any atom is -0.494 e. The molecule has 0 unspecified atom stereocenters. The highest BCUT2D eigenvalue weighted by molar-refractivity contribution is 5.83. The van der Waals surface area contributed by atoms with Crippen molar-refractivity contribution in [2.24, 2.45) is 4.99 Å². The highest BCUT2D eigenvalue weighted by atomic mass is 16.3. The predicted octanol–water partition coefficient (Wildman–Crippen LogP) is 2.04. The summed E-state index contributed by atoms with van der Waals surface area (Å²) in [6.07, 6.45) is 1.07. The molecule has 0 radical (unpaired) electrons. The number of aromatic nitrogens is 5. The van der Waals surface area contributed by atoms with E-state index >= 15 is 0 Å². The van der Waals surface area contributed by atoms with Crippen LogP contribution in [0.5, 0.6) is 5.88 Å². The average Bonchev–Trinajstić information content (AvgIpc) is 2.74. The van der Waals surface area contributed by atoms with Crippen LogP contribution in [0.3, 0.4) is 0 Å². The zero-order valence-corrected chi connectivity index (χ0v) is 14.9. The molecule has 4 rings (SSSR count). The van der Waals surface area contributed by atoms with E-state index in [9.17, 15) is 14.7 Å². The number of hydrogen-bond donors (Lipinski definition) is 3. The van der Waals surface area contributed by atoms with E-state index in [1.165, 1.54) is 0 Å². The molecule has 0 saturated carbocycles. The summed E-state index contributed by atoms with van der Waals surface area (Å²) in [6.45, 7) is 0. The van der Waals surface area contributed by atoms with E-state index in [2.05, 4.69) is 25.2 Å². The summed E-state index contributed by atoms with van der Waals surface area (Å²) in [5.41, 5.74) is 0.993. The zero-order valence-electron chi connectivity index (χ0n) is 14.9. The van der Waals surface area contributed by atoms with Crippen LogP contribution in [0.1, 0.15) is 5.56 Å². The number of nitrogens with zero attached hydrogens (tertiary/aromatic N) is 4. The Balaban J connectivity index is 1.81. The lowest BCUT2D eigenvalue weighted by atomic mass is 10.0. The fourth-order valence-corrected chi connectivity index (χ4v) is 2.69. The van der Waals surface area contributed by atoms with Crippen molar-refractivity contribution in [3.8, 4) is 28.4 Å². The molecule has 0 aliphatic heterocycles. The standard InChI is InChI=1S/C20H14N6O3/c27-17-14(18(28)24-20(29)23-17)11-21-19-22-15(12-7-3-1-4-8-12)16(25-26-19)13-9-5-2-6-10-13/h1-11H,(H3,23,24,27,28,29). The number of aliphatic imine (C=N–C) groups is 1. The van der Waals surface area contributed by atoms with Crippen molar-refractivity contribution in [2.75, 3.05) is 0 Å². The SMILES string of the molecule is O=c1[nH]c(O)c(C=Nc2nnc(-c3ccccc3)c(-c3ccccc3)n2)c(=O)[nH]1. The molecule has 0 atom stereocenters. The highest BCUT2D eigenvalue weighted by Gasteiger charge is 2.13. The van der Waals surface area contributed by atoms with Gasteiger partial charge in [-0.25, -0.2) is 14.8 Å². The molecule has 9 heteroatoms. The number of hydrogen-bond acceptors (Lipinski definition) is 7. The summed E-state index contributed by atoms with van der Waals surface area (Å²) in [4.78, 5) is 35.6. The van der Waals surface area contributed by atoms with E-state index < -0.39 is 17.1 Å². The predicted molar refractivity (Wildman–Crippen MR) is 107 cm³/mol. The third kappa shape index (κ3) is 3.83. The Morgan fingerprint density at radius 3 is 2.07 bits per heavy atom. The van der Waals surface area contributed by atoms with Gasteiger partial charge in [0.15, 0.2) is 0 Å². The minimum atomic E-state index is -0.818. The summed E-state index contributed by atoms with van der Waals surface area (Å²) in [5, 5.41) is 18.0. The maximum absolute atomic E-state index is 11.8. The Hall–Kier alpha value is -4.40. The lowest BCUT2D eigenvalue weighted by Crippen LogP contribution is -2.24. The minimum absolute atomic E-state index is 0.00599. The van der Waals surface area contributed by atoms with Crippen LogP contribution in [0.2, 0.25) is 0 Å². The van der Waals surface area contributed by atoms with Gasteiger partial charge in [-0.1, -0.05) is 60.7 Å². The maximum atomic E-state index is 11.8. The molecule has 29 heavy (non-hydrogen) atoms. The lowest BCUT2D eigenvalue weighted by molar-refractivity contribution is 0.447. The first-order valence-electron chi connectivity index (χ1n) is 8.57. The van der Waals surface area contributed by atoms with E-state index in [0.717, 1.165) is 17.3 Å². The van der Waals surface area contributed by atoms with Crippen molar-refractivity contribution in [1.82, 2.24) is 25.1 Å². The van der Waals surface area contributed by atoms with Gasteiger partial charge in [-0.3, -0.25) is 14.8 Å². The fourth-order valence-electron chi connectivity index (χ4n) is 2.69. The second-order valence-electron chi connectivity index (χ2n) is 5.97. The van der Waals surface area contributed by atoms with Crippen molar-refractivity contribution in [1.29, 1.82) is 0 Å². The Labute approximate surface area is 163 Å². The first-order chi connectivity index (χ1) is 14.1. The summed E-state index contributed by atoms with van der Waals surface area (Å²) in [6, 6.07) is 18.9. The normalized spacial score (nSPS) is 11.0. The average molecular weight is 386 g/mol. The van der Waals surface area contributed by atoms with Crippen molar-refractivity contribution in [3.05, 3.63) is 87.1 Å². The molecule has 0 amide bonds. The molecule has 0 spiro atoms. The van der Waals surface area contributed by atoms with Crippen LogP contribution in [0.4, 0.5) is 5.95 Å². The number of rotatable bonds is 4. The van der Waals surface area contributed by atoms with Gasteiger partial charge < -0.3 is 5.11 Å². The van der Waals surface area contributed by atoms with Crippen LogP contribution in [-0.2, 0) is 0 Å². The summed E-state index contributed by atoms with van der Waals surface area (Å²) in [5.74, 6) is -0.604. The van der Waals surface area contributed by atoms with Crippen LogP contribution in [-0.4, -0.2) is 36.5 Å². The van der Waals surface area contributed by atoms with Crippen molar-refractivity contribution in [2.45, 2.75) is 0 Å². The van der Waals surface area contributed by atoms with Crippen LogP contribution in [0.15, 0.2) is 75.2 Å². The number of aromatic hydroxyl groups is 1. The summed E-state index contributed by atoms with van der Waals surface area (Å²) >= 11 is 0. The molecule has 9 nitrogen and oxygen atoms in total. The zero-order chi connectivity index (χ0) is 20.2. The Morgan fingerprint density at radius 1 is 0.828 bits per heavy atom. The fraction of sp³-hybridized carbons (Fsp3) is 0. The third-order valence-electron chi connectivity index (χ3n) is 4.04. The smallest absolute Gasteiger partial charge is 0.328 e. The van der Waals surface area contributed by atoms with E-state index in [1.807, 2.05) is 65.6 Å². The Bertz CT molecular complexity index is 1300.